The fourth-order valence-electron chi connectivity index (χ4n) is 1.94. The average Bonchev–Trinajstić information content (AvgIpc) is 2.88. The van der Waals surface area contributed by atoms with E-state index in [1.165, 1.54) is 7.05 Å². The van der Waals surface area contributed by atoms with Crippen molar-refractivity contribution in [3.63, 3.8) is 0 Å². The standard InChI is InChI=1S/C14H17N5O2/c1-3-9-11(15)12(19-18-9)14(21)17-10-7-5-4-6-8(10)13(20)16-2/h4-7H,3,15H2,1-2H3,(H,16,20)(H,17,21)(H,18,19). The van der Waals surface area contributed by atoms with Crippen LogP contribution in [-0.2, 0) is 6.42 Å². The van der Waals surface area contributed by atoms with Crippen LogP contribution in [0.5, 0.6) is 0 Å². The first-order valence-corrected chi connectivity index (χ1v) is 6.53. The highest BCUT2D eigenvalue weighted by molar-refractivity contribution is 6.10. The third-order valence-corrected chi connectivity index (χ3v) is 3.10. The van der Waals surface area contributed by atoms with Gasteiger partial charge in [-0.3, -0.25) is 14.7 Å². The summed E-state index contributed by atoms with van der Waals surface area (Å²) < 4.78 is 0. The van der Waals surface area contributed by atoms with Gasteiger partial charge >= 0.3 is 0 Å². The van der Waals surface area contributed by atoms with Crippen molar-refractivity contribution in [2.75, 3.05) is 18.1 Å². The molecule has 0 saturated carbocycles. The highest BCUT2D eigenvalue weighted by Crippen LogP contribution is 2.19. The molecule has 0 spiro atoms. The van der Waals surface area contributed by atoms with Gasteiger partial charge in [-0.25, -0.2) is 0 Å². The molecule has 110 valence electrons. The zero-order valence-corrected chi connectivity index (χ0v) is 11.9. The lowest BCUT2D eigenvalue weighted by Gasteiger charge is -2.09. The summed E-state index contributed by atoms with van der Waals surface area (Å²) in [5.41, 5.74) is 7.79. The number of nitrogen functional groups attached to an aromatic ring is 1. The lowest BCUT2D eigenvalue weighted by Crippen LogP contribution is -2.22. The second kappa shape index (κ2) is 6.08. The number of anilines is 2. The monoisotopic (exact) mass is 287 g/mol. The second-order valence-electron chi connectivity index (χ2n) is 4.40. The van der Waals surface area contributed by atoms with Gasteiger partial charge < -0.3 is 16.4 Å². The molecule has 7 nitrogen and oxygen atoms in total. The maximum absolute atomic E-state index is 12.2. The summed E-state index contributed by atoms with van der Waals surface area (Å²) in [6.45, 7) is 1.91. The van der Waals surface area contributed by atoms with Gasteiger partial charge in [0.1, 0.15) is 0 Å². The molecule has 0 aliphatic carbocycles. The summed E-state index contributed by atoms with van der Waals surface area (Å²) in [5, 5.41) is 11.8. The Morgan fingerprint density at radius 1 is 1.29 bits per heavy atom. The topological polar surface area (TPSA) is 113 Å². The van der Waals surface area contributed by atoms with Crippen molar-refractivity contribution in [3.05, 3.63) is 41.2 Å². The smallest absolute Gasteiger partial charge is 0.278 e. The molecule has 7 heteroatoms. The lowest BCUT2D eigenvalue weighted by molar-refractivity contribution is 0.0964. The van der Waals surface area contributed by atoms with Gasteiger partial charge in [-0.1, -0.05) is 19.1 Å². The fraction of sp³-hybridized carbons (Fsp3) is 0.214. The van der Waals surface area contributed by atoms with Gasteiger partial charge in [0.2, 0.25) is 0 Å². The summed E-state index contributed by atoms with van der Waals surface area (Å²) in [7, 11) is 1.53. The zero-order chi connectivity index (χ0) is 15.4. The Bertz CT molecular complexity index is 678. The molecular formula is C14H17N5O2. The highest BCUT2D eigenvalue weighted by Gasteiger charge is 2.18. The molecule has 0 fully saturated rings. The predicted octanol–water partition coefficient (Wildman–Crippen LogP) is 1.17. The predicted molar refractivity (Wildman–Crippen MR) is 80.2 cm³/mol. The van der Waals surface area contributed by atoms with E-state index in [4.69, 9.17) is 5.73 Å². The first kappa shape index (κ1) is 14.6. The molecule has 21 heavy (non-hydrogen) atoms. The largest absolute Gasteiger partial charge is 0.395 e. The third kappa shape index (κ3) is 2.86. The molecule has 1 heterocycles. The fourth-order valence-corrected chi connectivity index (χ4v) is 1.94. The Kier molecular flexibility index (Phi) is 4.22. The van der Waals surface area contributed by atoms with Crippen LogP contribution >= 0.6 is 0 Å². The van der Waals surface area contributed by atoms with Crippen molar-refractivity contribution in [1.82, 2.24) is 15.5 Å². The summed E-state index contributed by atoms with van der Waals surface area (Å²) >= 11 is 0. The van der Waals surface area contributed by atoms with Gasteiger partial charge in [-0.15, -0.1) is 0 Å². The number of aromatic nitrogens is 2. The van der Waals surface area contributed by atoms with Crippen molar-refractivity contribution in [2.24, 2.45) is 0 Å². The molecule has 2 aromatic rings. The summed E-state index contributed by atoms with van der Waals surface area (Å²) in [4.78, 5) is 24.0. The van der Waals surface area contributed by atoms with E-state index in [0.29, 0.717) is 29.1 Å². The normalized spacial score (nSPS) is 10.2. The van der Waals surface area contributed by atoms with Gasteiger partial charge in [0.25, 0.3) is 11.8 Å². The van der Waals surface area contributed by atoms with Gasteiger partial charge in [0.15, 0.2) is 5.69 Å². The number of hydrogen-bond donors (Lipinski definition) is 4. The Hall–Kier alpha value is -2.83. The Morgan fingerprint density at radius 2 is 2.00 bits per heavy atom. The van der Waals surface area contributed by atoms with Gasteiger partial charge in [-0.2, -0.15) is 5.10 Å². The van der Waals surface area contributed by atoms with Crippen LogP contribution in [0, 0.1) is 0 Å². The summed E-state index contributed by atoms with van der Waals surface area (Å²) in [6, 6.07) is 6.72. The summed E-state index contributed by atoms with van der Waals surface area (Å²) in [5.74, 6) is -0.741. The van der Waals surface area contributed by atoms with Crippen LogP contribution < -0.4 is 16.4 Å². The van der Waals surface area contributed by atoms with Crippen LogP contribution in [0.25, 0.3) is 0 Å². The number of aryl methyl sites for hydroxylation is 1. The molecule has 0 saturated heterocycles. The minimum atomic E-state index is -0.459. The van der Waals surface area contributed by atoms with E-state index in [9.17, 15) is 9.59 Å². The number of rotatable bonds is 4. The number of H-pyrrole nitrogens is 1. The Morgan fingerprint density at radius 3 is 2.62 bits per heavy atom. The number of carbonyl (C=O) groups is 2. The van der Waals surface area contributed by atoms with Crippen LogP contribution in [0.1, 0.15) is 33.5 Å². The van der Waals surface area contributed by atoms with Crippen molar-refractivity contribution in [1.29, 1.82) is 0 Å². The van der Waals surface area contributed by atoms with Crippen LogP contribution in [0.2, 0.25) is 0 Å². The number of hydrogen-bond acceptors (Lipinski definition) is 4. The van der Waals surface area contributed by atoms with Crippen molar-refractivity contribution in [2.45, 2.75) is 13.3 Å². The quantitative estimate of drug-likeness (QED) is 0.676. The van der Waals surface area contributed by atoms with Crippen molar-refractivity contribution < 1.29 is 9.59 Å². The maximum Gasteiger partial charge on any atom is 0.278 e. The summed E-state index contributed by atoms with van der Waals surface area (Å²) in [6.07, 6.45) is 0.654. The van der Waals surface area contributed by atoms with Gasteiger partial charge in [0.05, 0.1) is 22.6 Å². The first-order valence-electron chi connectivity index (χ1n) is 6.53. The molecule has 0 radical (unpaired) electrons. The highest BCUT2D eigenvalue weighted by atomic mass is 16.2. The molecule has 0 unspecified atom stereocenters. The van der Waals surface area contributed by atoms with Gasteiger partial charge in [-0.05, 0) is 18.6 Å². The molecule has 1 aromatic heterocycles. The molecule has 0 bridgehead atoms. The lowest BCUT2D eigenvalue weighted by atomic mass is 10.1. The molecule has 0 aliphatic rings. The molecular weight excluding hydrogens is 270 g/mol. The molecule has 2 rings (SSSR count). The minimum Gasteiger partial charge on any atom is -0.395 e. The van der Waals surface area contributed by atoms with E-state index in [1.807, 2.05) is 6.92 Å². The van der Waals surface area contributed by atoms with E-state index in [0.717, 1.165) is 0 Å². The Labute approximate surface area is 121 Å². The van der Waals surface area contributed by atoms with Gasteiger partial charge in [0, 0.05) is 7.05 Å². The van der Waals surface area contributed by atoms with Crippen LogP contribution in [0.3, 0.4) is 0 Å². The average molecular weight is 287 g/mol. The number of nitrogens with zero attached hydrogens (tertiary/aromatic N) is 1. The van der Waals surface area contributed by atoms with Crippen molar-refractivity contribution >= 4 is 23.2 Å². The Balaban J connectivity index is 2.28. The van der Waals surface area contributed by atoms with Crippen LogP contribution in [-0.4, -0.2) is 29.1 Å². The number of nitrogens with one attached hydrogen (secondary N) is 3. The number of aromatic amines is 1. The number of para-hydroxylation sites is 1. The SMILES string of the molecule is CCc1[nH]nc(C(=O)Nc2ccccc2C(=O)NC)c1N. The molecule has 0 atom stereocenters. The van der Waals surface area contributed by atoms with E-state index >= 15 is 0 Å². The molecule has 0 aliphatic heterocycles. The third-order valence-electron chi connectivity index (χ3n) is 3.10. The number of carbonyl (C=O) groups excluding carboxylic acids is 2. The maximum atomic E-state index is 12.2. The van der Waals surface area contributed by atoms with Crippen LogP contribution in [0.4, 0.5) is 11.4 Å². The minimum absolute atomic E-state index is 0.124. The number of amides is 2. The molecule has 1 aromatic carbocycles. The van der Waals surface area contributed by atoms with E-state index < -0.39 is 5.91 Å². The number of nitrogens with two attached hydrogens (primary N) is 1. The van der Waals surface area contributed by atoms with Crippen LogP contribution in [0.15, 0.2) is 24.3 Å². The first-order chi connectivity index (χ1) is 10.1. The van der Waals surface area contributed by atoms with E-state index in [1.54, 1.807) is 24.3 Å². The zero-order valence-electron chi connectivity index (χ0n) is 11.9. The van der Waals surface area contributed by atoms with E-state index in [2.05, 4.69) is 20.8 Å². The number of benzene rings is 1. The molecule has 2 amide bonds. The van der Waals surface area contributed by atoms with Crippen molar-refractivity contribution in [3.8, 4) is 0 Å². The molecule has 5 N–H and O–H groups in total. The second-order valence-corrected chi connectivity index (χ2v) is 4.40. The van der Waals surface area contributed by atoms with E-state index in [-0.39, 0.29) is 11.6 Å².